The monoisotopic (exact) mass is 349 g/mol. The second-order valence-corrected chi connectivity index (χ2v) is 7.57. The van der Waals surface area contributed by atoms with Crippen LogP contribution >= 0.6 is 23.2 Å². The minimum atomic E-state index is -0.323. The SMILES string of the molecule is Fc1ccc([S+](c2ccc(Cl)cc2)c2ccc(Cl)cc2)cc1. The number of hydrogen-bond acceptors (Lipinski definition) is 0. The molecule has 4 heteroatoms. The van der Waals surface area contributed by atoms with Crippen LogP contribution in [0.1, 0.15) is 0 Å². The van der Waals surface area contributed by atoms with Gasteiger partial charge < -0.3 is 0 Å². The van der Waals surface area contributed by atoms with Crippen molar-refractivity contribution in [3.63, 3.8) is 0 Å². The zero-order chi connectivity index (χ0) is 15.5. The third-order valence-electron chi connectivity index (χ3n) is 3.15. The van der Waals surface area contributed by atoms with Gasteiger partial charge in [0, 0.05) is 10.0 Å². The molecule has 0 nitrogen and oxygen atoms in total. The van der Waals surface area contributed by atoms with E-state index in [1.54, 1.807) is 0 Å². The Bertz CT molecular complexity index is 644. The van der Waals surface area contributed by atoms with E-state index in [0.717, 1.165) is 14.7 Å². The van der Waals surface area contributed by atoms with E-state index < -0.39 is 0 Å². The van der Waals surface area contributed by atoms with Crippen LogP contribution in [0.5, 0.6) is 0 Å². The summed E-state index contributed by atoms with van der Waals surface area (Å²) in [6.45, 7) is 0. The maximum absolute atomic E-state index is 13.2. The van der Waals surface area contributed by atoms with Crippen molar-refractivity contribution in [1.82, 2.24) is 0 Å². The van der Waals surface area contributed by atoms with E-state index in [-0.39, 0.29) is 16.7 Å². The lowest BCUT2D eigenvalue weighted by Crippen LogP contribution is -2.04. The number of halogens is 3. The van der Waals surface area contributed by atoms with Crippen molar-refractivity contribution in [2.75, 3.05) is 0 Å². The van der Waals surface area contributed by atoms with Crippen LogP contribution in [0, 0.1) is 5.82 Å². The van der Waals surface area contributed by atoms with Gasteiger partial charge in [-0.1, -0.05) is 23.2 Å². The van der Waals surface area contributed by atoms with E-state index in [0.29, 0.717) is 10.0 Å². The molecule has 3 aromatic rings. The minimum absolute atomic E-state index is 0.237. The van der Waals surface area contributed by atoms with Gasteiger partial charge in [-0.05, 0) is 72.8 Å². The predicted octanol–water partition coefficient (Wildman–Crippen LogP) is 6.23. The molecule has 0 bridgehead atoms. The van der Waals surface area contributed by atoms with E-state index in [9.17, 15) is 4.39 Å². The van der Waals surface area contributed by atoms with E-state index in [2.05, 4.69) is 0 Å². The Labute approximate surface area is 141 Å². The molecule has 0 unspecified atom stereocenters. The first-order chi connectivity index (χ1) is 10.6. The molecule has 0 saturated carbocycles. The molecule has 0 fully saturated rings. The Morgan fingerprint density at radius 2 is 0.864 bits per heavy atom. The quantitative estimate of drug-likeness (QED) is 0.491. The Hall–Kier alpha value is -1.48. The van der Waals surface area contributed by atoms with Gasteiger partial charge >= 0.3 is 0 Å². The van der Waals surface area contributed by atoms with E-state index >= 15 is 0 Å². The fraction of sp³-hybridized carbons (Fsp3) is 0. The average Bonchev–Trinajstić information content (AvgIpc) is 2.53. The summed E-state index contributed by atoms with van der Waals surface area (Å²) >= 11 is 12.0. The van der Waals surface area contributed by atoms with E-state index in [4.69, 9.17) is 23.2 Å². The van der Waals surface area contributed by atoms with Crippen molar-refractivity contribution in [2.24, 2.45) is 0 Å². The third-order valence-corrected chi connectivity index (χ3v) is 5.88. The van der Waals surface area contributed by atoms with Crippen LogP contribution in [0.15, 0.2) is 87.5 Å². The summed E-state index contributed by atoms with van der Waals surface area (Å²) in [5.74, 6) is -0.237. The molecule has 0 aromatic heterocycles. The van der Waals surface area contributed by atoms with Crippen molar-refractivity contribution in [1.29, 1.82) is 0 Å². The number of rotatable bonds is 3. The van der Waals surface area contributed by atoms with Crippen molar-refractivity contribution < 1.29 is 4.39 Å². The van der Waals surface area contributed by atoms with Gasteiger partial charge in [-0.15, -0.1) is 0 Å². The van der Waals surface area contributed by atoms with Crippen LogP contribution in [0.3, 0.4) is 0 Å². The van der Waals surface area contributed by atoms with Gasteiger partial charge in [0.2, 0.25) is 0 Å². The highest BCUT2D eigenvalue weighted by Gasteiger charge is 2.28. The molecule has 0 spiro atoms. The summed E-state index contributed by atoms with van der Waals surface area (Å²) < 4.78 is 13.2. The highest BCUT2D eigenvalue weighted by molar-refractivity contribution is 7.97. The highest BCUT2D eigenvalue weighted by Crippen LogP contribution is 2.32. The van der Waals surface area contributed by atoms with Gasteiger partial charge in [0.05, 0.1) is 10.9 Å². The van der Waals surface area contributed by atoms with Gasteiger partial charge in [0.1, 0.15) is 5.82 Å². The molecule has 0 aliphatic rings. The average molecular weight is 350 g/mol. The van der Waals surface area contributed by atoms with Crippen molar-refractivity contribution in [3.05, 3.63) is 88.7 Å². The first-order valence-corrected chi connectivity index (χ1v) is 8.62. The Morgan fingerprint density at radius 3 is 1.23 bits per heavy atom. The topological polar surface area (TPSA) is 0 Å². The summed E-state index contributed by atoms with van der Waals surface area (Å²) in [7, 11) is -0.323. The molecule has 3 aromatic carbocycles. The molecule has 0 aliphatic heterocycles. The molecule has 0 radical (unpaired) electrons. The van der Waals surface area contributed by atoms with Crippen molar-refractivity contribution in [2.45, 2.75) is 14.7 Å². The van der Waals surface area contributed by atoms with Gasteiger partial charge in [0.25, 0.3) is 0 Å². The third kappa shape index (κ3) is 3.46. The van der Waals surface area contributed by atoms with Crippen LogP contribution in [0.25, 0.3) is 0 Å². The second kappa shape index (κ2) is 6.74. The zero-order valence-corrected chi connectivity index (χ0v) is 13.8. The largest absolute Gasteiger partial charge is 0.207 e. The number of benzene rings is 3. The fourth-order valence-corrected chi connectivity index (χ4v) is 4.41. The molecule has 3 rings (SSSR count). The summed E-state index contributed by atoms with van der Waals surface area (Å²) in [4.78, 5) is 3.29. The summed E-state index contributed by atoms with van der Waals surface area (Å²) in [5.41, 5.74) is 0. The minimum Gasteiger partial charge on any atom is -0.207 e. The smallest absolute Gasteiger partial charge is 0.166 e. The fourth-order valence-electron chi connectivity index (χ4n) is 2.12. The lowest BCUT2D eigenvalue weighted by molar-refractivity contribution is 0.626. The van der Waals surface area contributed by atoms with Gasteiger partial charge in [0.15, 0.2) is 14.7 Å². The molecule has 0 amide bonds. The molecular formula is C18H12Cl2FS+. The molecule has 110 valence electrons. The van der Waals surface area contributed by atoms with E-state index in [1.165, 1.54) is 12.1 Å². The summed E-state index contributed by atoms with van der Waals surface area (Å²) in [5, 5.41) is 1.39. The second-order valence-electron chi connectivity index (χ2n) is 4.67. The van der Waals surface area contributed by atoms with Crippen molar-refractivity contribution >= 4 is 34.1 Å². The molecule has 0 N–H and O–H groups in total. The lowest BCUT2D eigenvalue weighted by atomic mass is 10.3. The van der Waals surface area contributed by atoms with Gasteiger partial charge in [-0.3, -0.25) is 0 Å². The Kier molecular flexibility index (Phi) is 4.72. The summed E-state index contributed by atoms with van der Waals surface area (Å²) in [6.07, 6.45) is 0. The lowest BCUT2D eigenvalue weighted by Gasteiger charge is -2.08. The maximum Gasteiger partial charge on any atom is 0.166 e. The number of hydrogen-bond donors (Lipinski definition) is 0. The zero-order valence-electron chi connectivity index (χ0n) is 11.5. The standard InChI is InChI=1S/C18H12Cl2FS/c19-13-1-7-16(8-2-13)22(17-9-3-14(20)4-10-17)18-11-5-15(21)6-12-18/h1-12H/q+1. The van der Waals surface area contributed by atoms with E-state index in [1.807, 2.05) is 60.7 Å². The predicted molar refractivity (Wildman–Crippen MR) is 91.5 cm³/mol. The molecule has 0 heterocycles. The highest BCUT2D eigenvalue weighted by atomic mass is 35.5. The van der Waals surface area contributed by atoms with Crippen LogP contribution in [0.4, 0.5) is 4.39 Å². The van der Waals surface area contributed by atoms with Crippen LogP contribution in [-0.4, -0.2) is 0 Å². The van der Waals surface area contributed by atoms with Crippen LogP contribution < -0.4 is 0 Å². The van der Waals surface area contributed by atoms with Gasteiger partial charge in [-0.25, -0.2) is 4.39 Å². The molecule has 0 saturated heterocycles. The Balaban J connectivity index is 2.10. The van der Waals surface area contributed by atoms with Crippen LogP contribution in [-0.2, 0) is 10.9 Å². The van der Waals surface area contributed by atoms with Crippen LogP contribution in [0.2, 0.25) is 10.0 Å². The summed E-state index contributed by atoms with van der Waals surface area (Å²) in [6, 6.07) is 22.1. The van der Waals surface area contributed by atoms with Crippen molar-refractivity contribution in [3.8, 4) is 0 Å². The Morgan fingerprint density at radius 1 is 0.545 bits per heavy atom. The van der Waals surface area contributed by atoms with Gasteiger partial charge in [-0.2, -0.15) is 0 Å². The molecule has 0 aliphatic carbocycles. The molecule has 22 heavy (non-hydrogen) atoms. The molecular weight excluding hydrogens is 338 g/mol. The first-order valence-electron chi connectivity index (χ1n) is 6.64. The maximum atomic E-state index is 13.2. The molecule has 0 atom stereocenters. The normalized spacial score (nSPS) is 10.9. The first kappa shape index (κ1) is 15.4.